The molecule has 0 aromatic heterocycles. The van der Waals surface area contributed by atoms with Gasteiger partial charge in [-0.3, -0.25) is 4.90 Å². The van der Waals surface area contributed by atoms with Gasteiger partial charge >= 0.3 is 0 Å². The number of nitrogens with zero attached hydrogens (tertiary/aromatic N) is 1. The van der Waals surface area contributed by atoms with Crippen LogP contribution >= 0.6 is 11.6 Å². The maximum atomic E-state index is 6.09. The summed E-state index contributed by atoms with van der Waals surface area (Å²) < 4.78 is 5.12. The van der Waals surface area contributed by atoms with Crippen LogP contribution in [0.2, 0.25) is 5.02 Å². The van der Waals surface area contributed by atoms with Crippen molar-refractivity contribution in [3.63, 3.8) is 0 Å². The number of halogens is 1. The Hall–Kier alpha value is -0.770. The molecule has 0 amide bonds. The molecule has 16 heavy (non-hydrogen) atoms. The fourth-order valence-electron chi connectivity index (χ4n) is 1.68. The average molecular weight is 243 g/mol. The van der Waals surface area contributed by atoms with E-state index < -0.39 is 0 Å². The summed E-state index contributed by atoms with van der Waals surface area (Å²) in [6.45, 7) is 3.63. The fourth-order valence-corrected chi connectivity index (χ4v) is 1.95. The fraction of sp³-hybridized carbons (Fsp3) is 0.500. The molecule has 1 aromatic rings. The zero-order valence-corrected chi connectivity index (χ0v) is 10.8. The number of ether oxygens (including phenoxy) is 1. The van der Waals surface area contributed by atoms with Gasteiger partial charge in [-0.15, -0.1) is 0 Å². The first-order chi connectivity index (χ1) is 7.63. The van der Waals surface area contributed by atoms with Gasteiger partial charge in [-0.2, -0.15) is 0 Å². The second-order valence-corrected chi connectivity index (χ2v) is 4.13. The highest BCUT2D eigenvalue weighted by atomic mass is 35.5. The van der Waals surface area contributed by atoms with E-state index in [0.29, 0.717) is 17.3 Å². The Morgan fingerprint density at radius 1 is 1.50 bits per heavy atom. The molecule has 3 nitrogen and oxygen atoms in total. The predicted molar refractivity (Wildman–Crippen MR) is 68.1 cm³/mol. The minimum atomic E-state index is 0.202. The molecule has 0 saturated heterocycles. The van der Waals surface area contributed by atoms with Crippen LogP contribution in [0.25, 0.3) is 0 Å². The molecule has 90 valence electrons. The third kappa shape index (κ3) is 2.88. The minimum Gasteiger partial charge on any atom is -0.495 e. The van der Waals surface area contributed by atoms with E-state index >= 15 is 0 Å². The third-order valence-corrected chi connectivity index (χ3v) is 3.11. The zero-order chi connectivity index (χ0) is 12.1. The first-order valence-electron chi connectivity index (χ1n) is 5.37. The molecule has 0 aliphatic carbocycles. The highest BCUT2D eigenvalue weighted by molar-refractivity contribution is 6.32. The molecular formula is C12H19ClN2O. The molecule has 0 aliphatic heterocycles. The number of nitrogens with two attached hydrogens (primary N) is 1. The first kappa shape index (κ1) is 13.3. The quantitative estimate of drug-likeness (QED) is 0.861. The van der Waals surface area contributed by atoms with Crippen LogP contribution in [0.4, 0.5) is 0 Å². The number of benzene rings is 1. The SMILES string of the molecule is CCN(C)C(CN)c1ccc(OC)c(Cl)c1. The molecule has 0 aliphatic rings. The van der Waals surface area contributed by atoms with Crippen molar-refractivity contribution in [1.82, 2.24) is 4.90 Å². The van der Waals surface area contributed by atoms with Crippen molar-refractivity contribution in [2.45, 2.75) is 13.0 Å². The lowest BCUT2D eigenvalue weighted by molar-refractivity contribution is 0.263. The van der Waals surface area contributed by atoms with E-state index in [2.05, 4.69) is 18.9 Å². The number of hydrogen-bond acceptors (Lipinski definition) is 3. The Bertz CT molecular complexity index is 344. The van der Waals surface area contributed by atoms with Crippen LogP contribution in [0.5, 0.6) is 5.75 Å². The maximum Gasteiger partial charge on any atom is 0.137 e. The maximum absolute atomic E-state index is 6.09. The van der Waals surface area contributed by atoms with Crippen LogP contribution in [-0.4, -0.2) is 32.1 Å². The van der Waals surface area contributed by atoms with Gasteiger partial charge in [0, 0.05) is 12.6 Å². The molecule has 2 N–H and O–H groups in total. The summed E-state index contributed by atoms with van der Waals surface area (Å²) in [6.07, 6.45) is 0. The molecule has 1 rings (SSSR count). The smallest absolute Gasteiger partial charge is 0.137 e. The Labute approximate surface area is 102 Å². The Morgan fingerprint density at radius 3 is 2.62 bits per heavy atom. The molecular weight excluding hydrogens is 224 g/mol. The summed E-state index contributed by atoms with van der Waals surface area (Å²) in [5.41, 5.74) is 6.91. The number of hydrogen-bond donors (Lipinski definition) is 1. The van der Waals surface area contributed by atoms with Gasteiger partial charge in [-0.05, 0) is 31.3 Å². The molecule has 0 saturated carbocycles. The highest BCUT2D eigenvalue weighted by Crippen LogP contribution is 2.28. The van der Waals surface area contributed by atoms with Crippen LogP contribution in [0.1, 0.15) is 18.5 Å². The van der Waals surface area contributed by atoms with E-state index in [1.165, 1.54) is 0 Å². The third-order valence-electron chi connectivity index (χ3n) is 2.81. The van der Waals surface area contributed by atoms with Crippen molar-refractivity contribution in [2.75, 3.05) is 27.2 Å². The second-order valence-electron chi connectivity index (χ2n) is 3.72. The summed E-state index contributed by atoms with van der Waals surface area (Å²) in [5, 5.41) is 0.628. The van der Waals surface area contributed by atoms with Gasteiger partial charge in [0.25, 0.3) is 0 Å². The van der Waals surface area contributed by atoms with Crippen molar-refractivity contribution in [3.05, 3.63) is 28.8 Å². The molecule has 0 radical (unpaired) electrons. The molecule has 0 fully saturated rings. The van der Waals surface area contributed by atoms with Gasteiger partial charge in [0.2, 0.25) is 0 Å². The van der Waals surface area contributed by atoms with E-state index in [4.69, 9.17) is 22.1 Å². The summed E-state index contributed by atoms with van der Waals surface area (Å²) in [6, 6.07) is 6.01. The summed E-state index contributed by atoms with van der Waals surface area (Å²) in [7, 11) is 3.66. The number of methoxy groups -OCH3 is 1. The monoisotopic (exact) mass is 242 g/mol. The summed E-state index contributed by atoms with van der Waals surface area (Å²) >= 11 is 6.09. The Kier molecular flexibility index (Phi) is 5.06. The molecule has 0 spiro atoms. The molecule has 1 atom stereocenters. The van der Waals surface area contributed by atoms with Crippen LogP contribution in [0.15, 0.2) is 18.2 Å². The van der Waals surface area contributed by atoms with Crippen LogP contribution in [-0.2, 0) is 0 Å². The number of likely N-dealkylation sites (N-methyl/N-ethyl adjacent to an activating group) is 1. The zero-order valence-electron chi connectivity index (χ0n) is 10.0. The first-order valence-corrected chi connectivity index (χ1v) is 5.75. The lowest BCUT2D eigenvalue weighted by atomic mass is 10.1. The van der Waals surface area contributed by atoms with Crippen molar-refractivity contribution < 1.29 is 4.74 Å². The molecule has 0 bridgehead atoms. The Morgan fingerprint density at radius 2 is 2.19 bits per heavy atom. The van der Waals surface area contributed by atoms with E-state index in [0.717, 1.165) is 12.1 Å². The Balaban J connectivity index is 2.98. The van der Waals surface area contributed by atoms with E-state index in [-0.39, 0.29) is 6.04 Å². The topological polar surface area (TPSA) is 38.5 Å². The van der Waals surface area contributed by atoms with Gasteiger partial charge in [0.15, 0.2) is 0 Å². The number of rotatable bonds is 5. The summed E-state index contributed by atoms with van der Waals surface area (Å²) in [5.74, 6) is 0.695. The van der Waals surface area contributed by atoms with Gasteiger partial charge < -0.3 is 10.5 Å². The largest absolute Gasteiger partial charge is 0.495 e. The average Bonchev–Trinajstić information content (AvgIpc) is 2.30. The van der Waals surface area contributed by atoms with Crippen molar-refractivity contribution in [1.29, 1.82) is 0 Å². The van der Waals surface area contributed by atoms with Gasteiger partial charge in [0.05, 0.1) is 12.1 Å². The predicted octanol–water partition coefficient (Wildman–Crippen LogP) is 2.30. The van der Waals surface area contributed by atoms with E-state index in [1.807, 2.05) is 18.2 Å². The summed E-state index contributed by atoms with van der Waals surface area (Å²) in [4.78, 5) is 2.19. The molecule has 1 unspecified atom stereocenters. The minimum absolute atomic E-state index is 0.202. The molecule has 0 heterocycles. The highest BCUT2D eigenvalue weighted by Gasteiger charge is 2.15. The van der Waals surface area contributed by atoms with Crippen molar-refractivity contribution >= 4 is 11.6 Å². The molecule has 4 heteroatoms. The van der Waals surface area contributed by atoms with Crippen LogP contribution < -0.4 is 10.5 Å². The normalized spacial score (nSPS) is 12.9. The van der Waals surface area contributed by atoms with E-state index in [9.17, 15) is 0 Å². The van der Waals surface area contributed by atoms with Crippen molar-refractivity contribution in [2.24, 2.45) is 5.73 Å². The lowest BCUT2D eigenvalue weighted by Crippen LogP contribution is -2.30. The lowest BCUT2D eigenvalue weighted by Gasteiger charge is -2.26. The van der Waals surface area contributed by atoms with Gasteiger partial charge in [-0.1, -0.05) is 24.6 Å². The molecule has 1 aromatic carbocycles. The van der Waals surface area contributed by atoms with Crippen molar-refractivity contribution in [3.8, 4) is 5.75 Å². The van der Waals surface area contributed by atoms with Crippen LogP contribution in [0, 0.1) is 0 Å². The second kappa shape index (κ2) is 6.09. The van der Waals surface area contributed by atoms with Gasteiger partial charge in [-0.25, -0.2) is 0 Å². The van der Waals surface area contributed by atoms with Crippen LogP contribution in [0.3, 0.4) is 0 Å². The standard InChI is InChI=1S/C12H19ClN2O/c1-4-15(2)11(8-14)9-5-6-12(16-3)10(13)7-9/h5-7,11H,4,8,14H2,1-3H3. The van der Waals surface area contributed by atoms with Gasteiger partial charge in [0.1, 0.15) is 5.75 Å². The van der Waals surface area contributed by atoms with E-state index in [1.54, 1.807) is 7.11 Å².